The molecule has 5 nitrogen and oxygen atoms in total. The van der Waals surface area contributed by atoms with Gasteiger partial charge in [0.25, 0.3) is 0 Å². The van der Waals surface area contributed by atoms with Crippen LogP contribution in [0.2, 0.25) is 0 Å². The predicted octanol–water partition coefficient (Wildman–Crippen LogP) is 6.06. The number of carbonyl (C=O) groups excluding carboxylic acids is 1. The number of hydrogen-bond donors (Lipinski definition) is 1. The van der Waals surface area contributed by atoms with Crippen molar-refractivity contribution in [3.05, 3.63) is 65.0 Å². The van der Waals surface area contributed by atoms with E-state index in [-0.39, 0.29) is 40.6 Å². The van der Waals surface area contributed by atoms with Crippen molar-refractivity contribution >= 4 is 23.4 Å². The Morgan fingerprint density at radius 3 is 2.65 bits per heavy atom. The molecule has 0 spiro atoms. The van der Waals surface area contributed by atoms with Crippen molar-refractivity contribution < 1.29 is 22.5 Å². The van der Waals surface area contributed by atoms with Crippen LogP contribution >= 0.6 is 11.8 Å². The lowest BCUT2D eigenvalue weighted by atomic mass is 9.98. The van der Waals surface area contributed by atoms with Crippen molar-refractivity contribution in [2.24, 2.45) is 0 Å². The second-order valence-electron chi connectivity index (χ2n) is 7.33. The maximum atomic E-state index is 12.9. The third-order valence-corrected chi connectivity index (χ3v) is 5.48. The van der Waals surface area contributed by atoms with Crippen LogP contribution in [0.1, 0.15) is 42.3 Å². The maximum absolute atomic E-state index is 12.9. The molecule has 9 heteroatoms. The molecule has 3 rings (SSSR count). The standard InChI is InChI=1S/C22H22F3N3O2S/c1-13(2)17-9-4-6-14(3)20(17)26-18(29)11-31-12-19-27-21(28-30-19)15-7-5-8-16(10-15)22(23,24)25/h4-10,13H,11-12H2,1-3H3,(H,26,29). The summed E-state index contributed by atoms with van der Waals surface area (Å²) in [5.74, 6) is 0.878. The summed E-state index contributed by atoms with van der Waals surface area (Å²) >= 11 is 1.28. The number of aromatic nitrogens is 2. The highest BCUT2D eigenvalue weighted by atomic mass is 32.2. The zero-order chi connectivity index (χ0) is 22.6. The Balaban J connectivity index is 1.58. The summed E-state index contributed by atoms with van der Waals surface area (Å²) in [7, 11) is 0. The normalized spacial score (nSPS) is 11.7. The third-order valence-electron chi connectivity index (χ3n) is 4.57. The van der Waals surface area contributed by atoms with E-state index in [0.29, 0.717) is 0 Å². The van der Waals surface area contributed by atoms with Gasteiger partial charge in [0.2, 0.25) is 17.6 Å². The molecule has 164 valence electrons. The van der Waals surface area contributed by atoms with E-state index in [1.54, 1.807) is 0 Å². The summed E-state index contributed by atoms with van der Waals surface area (Å²) in [6.07, 6.45) is -4.45. The van der Waals surface area contributed by atoms with Gasteiger partial charge in [0.1, 0.15) is 0 Å². The Bertz CT molecular complexity index is 1060. The van der Waals surface area contributed by atoms with Crippen LogP contribution < -0.4 is 5.32 Å². The van der Waals surface area contributed by atoms with Gasteiger partial charge in [0, 0.05) is 11.3 Å². The van der Waals surface area contributed by atoms with Gasteiger partial charge in [-0.15, -0.1) is 11.8 Å². The highest BCUT2D eigenvalue weighted by Crippen LogP contribution is 2.32. The fourth-order valence-corrected chi connectivity index (χ4v) is 3.67. The number of halogens is 3. The summed E-state index contributed by atoms with van der Waals surface area (Å²) in [5, 5.41) is 6.72. The average Bonchev–Trinajstić information content (AvgIpc) is 3.18. The second-order valence-corrected chi connectivity index (χ2v) is 8.31. The zero-order valence-electron chi connectivity index (χ0n) is 17.3. The molecule has 0 radical (unpaired) electrons. The van der Waals surface area contributed by atoms with Gasteiger partial charge in [-0.3, -0.25) is 4.79 Å². The Labute approximate surface area is 182 Å². The molecule has 1 aromatic heterocycles. The lowest BCUT2D eigenvalue weighted by Gasteiger charge is -2.16. The predicted molar refractivity (Wildman–Crippen MR) is 115 cm³/mol. The number of benzene rings is 2. The van der Waals surface area contributed by atoms with Crippen LogP contribution in [0.25, 0.3) is 11.4 Å². The molecule has 31 heavy (non-hydrogen) atoms. The minimum Gasteiger partial charge on any atom is -0.338 e. The molecule has 1 N–H and O–H groups in total. The Kier molecular flexibility index (Phi) is 7.04. The van der Waals surface area contributed by atoms with Gasteiger partial charge in [0.05, 0.1) is 17.1 Å². The van der Waals surface area contributed by atoms with Crippen LogP contribution in [0.4, 0.5) is 18.9 Å². The number of para-hydroxylation sites is 1. The molecule has 2 aromatic carbocycles. The molecule has 0 saturated heterocycles. The van der Waals surface area contributed by atoms with Gasteiger partial charge in [-0.2, -0.15) is 18.2 Å². The van der Waals surface area contributed by atoms with Gasteiger partial charge in [-0.05, 0) is 36.1 Å². The summed E-state index contributed by atoms with van der Waals surface area (Å²) in [6, 6.07) is 10.6. The molecule has 0 bridgehead atoms. The van der Waals surface area contributed by atoms with E-state index in [1.807, 2.05) is 25.1 Å². The van der Waals surface area contributed by atoms with E-state index in [9.17, 15) is 18.0 Å². The number of carbonyl (C=O) groups is 1. The van der Waals surface area contributed by atoms with E-state index in [0.717, 1.165) is 28.9 Å². The number of thioether (sulfide) groups is 1. The van der Waals surface area contributed by atoms with E-state index >= 15 is 0 Å². The molecular weight excluding hydrogens is 427 g/mol. The molecule has 0 saturated carbocycles. The van der Waals surface area contributed by atoms with Crippen LogP contribution in [0.3, 0.4) is 0 Å². The molecule has 0 aliphatic rings. The number of amides is 1. The molecule has 1 heterocycles. The second kappa shape index (κ2) is 9.55. The third kappa shape index (κ3) is 5.88. The molecule has 0 aliphatic heterocycles. The number of nitrogens with one attached hydrogen (secondary N) is 1. The lowest BCUT2D eigenvalue weighted by molar-refractivity contribution is -0.137. The summed E-state index contributed by atoms with van der Waals surface area (Å²) in [6.45, 7) is 6.08. The molecule has 3 aromatic rings. The largest absolute Gasteiger partial charge is 0.416 e. The zero-order valence-corrected chi connectivity index (χ0v) is 18.1. The van der Waals surface area contributed by atoms with Gasteiger partial charge in [-0.25, -0.2) is 0 Å². The van der Waals surface area contributed by atoms with E-state index in [4.69, 9.17) is 4.52 Å². The average molecular weight is 449 g/mol. The van der Waals surface area contributed by atoms with Crippen LogP contribution in [0.5, 0.6) is 0 Å². The first-order valence-electron chi connectivity index (χ1n) is 9.62. The van der Waals surface area contributed by atoms with Gasteiger partial charge in [-0.1, -0.05) is 49.3 Å². The SMILES string of the molecule is Cc1cccc(C(C)C)c1NC(=O)CSCc1nc(-c2cccc(C(F)(F)F)c2)no1. The Morgan fingerprint density at radius 2 is 1.94 bits per heavy atom. The van der Waals surface area contributed by atoms with Crippen LogP contribution in [-0.4, -0.2) is 21.8 Å². The Morgan fingerprint density at radius 1 is 1.19 bits per heavy atom. The molecule has 0 atom stereocenters. The molecule has 1 amide bonds. The van der Waals surface area contributed by atoms with Gasteiger partial charge < -0.3 is 9.84 Å². The molecule has 0 aliphatic carbocycles. The number of anilines is 1. The first-order valence-corrected chi connectivity index (χ1v) is 10.8. The summed E-state index contributed by atoms with van der Waals surface area (Å²) in [5.41, 5.74) is 2.33. The maximum Gasteiger partial charge on any atom is 0.416 e. The monoisotopic (exact) mass is 449 g/mol. The first kappa shape index (κ1) is 22.9. The molecule has 0 fully saturated rings. The summed E-state index contributed by atoms with van der Waals surface area (Å²) < 4.78 is 43.7. The quantitative estimate of drug-likeness (QED) is 0.475. The van der Waals surface area contributed by atoms with Crippen molar-refractivity contribution in [2.75, 3.05) is 11.1 Å². The smallest absolute Gasteiger partial charge is 0.338 e. The van der Waals surface area contributed by atoms with Crippen molar-refractivity contribution in [3.63, 3.8) is 0 Å². The van der Waals surface area contributed by atoms with Crippen molar-refractivity contribution in [1.82, 2.24) is 10.1 Å². The van der Waals surface area contributed by atoms with E-state index < -0.39 is 11.7 Å². The van der Waals surface area contributed by atoms with Crippen LogP contribution in [-0.2, 0) is 16.7 Å². The number of hydrogen-bond acceptors (Lipinski definition) is 5. The highest BCUT2D eigenvalue weighted by molar-refractivity contribution is 7.99. The van der Waals surface area contributed by atoms with Gasteiger partial charge in [0.15, 0.2) is 0 Å². The van der Waals surface area contributed by atoms with Crippen molar-refractivity contribution in [1.29, 1.82) is 0 Å². The number of alkyl halides is 3. The van der Waals surface area contributed by atoms with Crippen molar-refractivity contribution in [3.8, 4) is 11.4 Å². The highest BCUT2D eigenvalue weighted by Gasteiger charge is 2.30. The molecule has 0 unspecified atom stereocenters. The number of rotatable bonds is 7. The van der Waals surface area contributed by atoms with Gasteiger partial charge >= 0.3 is 6.18 Å². The van der Waals surface area contributed by atoms with Crippen LogP contribution in [0, 0.1) is 6.92 Å². The fourth-order valence-electron chi connectivity index (χ4n) is 3.01. The first-order chi connectivity index (χ1) is 14.6. The fraction of sp³-hybridized carbons (Fsp3) is 0.318. The summed E-state index contributed by atoms with van der Waals surface area (Å²) in [4.78, 5) is 16.5. The Hall–Kier alpha value is -2.81. The lowest BCUT2D eigenvalue weighted by Crippen LogP contribution is -2.16. The minimum atomic E-state index is -4.45. The molecular formula is C22H22F3N3O2S. The van der Waals surface area contributed by atoms with E-state index in [1.165, 1.54) is 23.9 Å². The van der Waals surface area contributed by atoms with E-state index in [2.05, 4.69) is 29.3 Å². The number of aryl methyl sites for hydroxylation is 1. The topological polar surface area (TPSA) is 68.0 Å². The number of nitrogens with zero attached hydrogens (tertiary/aromatic N) is 2. The van der Waals surface area contributed by atoms with Crippen LogP contribution in [0.15, 0.2) is 47.0 Å². The minimum absolute atomic E-state index is 0.0765. The van der Waals surface area contributed by atoms with Crippen molar-refractivity contribution in [2.45, 2.75) is 38.6 Å².